The van der Waals surface area contributed by atoms with Gasteiger partial charge in [-0.25, -0.2) is 4.98 Å². The lowest BCUT2D eigenvalue weighted by Gasteiger charge is -2.20. The largest absolute Gasteiger partial charge is 0.488 e. The van der Waals surface area contributed by atoms with E-state index in [4.69, 9.17) is 22.1 Å². The number of anilines is 1. The summed E-state index contributed by atoms with van der Waals surface area (Å²) in [5.41, 5.74) is 8.82. The summed E-state index contributed by atoms with van der Waals surface area (Å²) in [5, 5.41) is 0.671. The Bertz CT molecular complexity index is 572. The summed E-state index contributed by atoms with van der Waals surface area (Å²) in [5.74, 6) is 1.31. The van der Waals surface area contributed by atoms with Crippen LogP contribution in [0.1, 0.15) is 5.56 Å². The highest BCUT2D eigenvalue weighted by Gasteiger charge is 2.17. The summed E-state index contributed by atoms with van der Waals surface area (Å²) < 4.78 is 5.61. The highest BCUT2D eigenvalue weighted by molar-refractivity contribution is 6.30. The molecule has 0 fully saturated rings. The van der Waals surface area contributed by atoms with E-state index >= 15 is 0 Å². The van der Waals surface area contributed by atoms with Crippen LogP contribution >= 0.6 is 24.0 Å². The summed E-state index contributed by atoms with van der Waals surface area (Å²) >= 11 is 5.92. The minimum Gasteiger partial charge on any atom is -0.488 e. The van der Waals surface area contributed by atoms with Gasteiger partial charge >= 0.3 is 0 Å². The molecule has 2 aromatic rings. The smallest absolute Gasteiger partial charge is 0.129 e. The predicted octanol–water partition coefficient (Wildman–Crippen LogP) is 3.30. The summed E-state index contributed by atoms with van der Waals surface area (Å²) in [4.78, 5) is 4.05. The first-order chi connectivity index (χ1) is 7.74. The average molecular weight is 269 g/mol. The molecule has 1 aromatic heterocycles. The molecular weight excluding hydrogens is 259 g/mol. The molecule has 0 saturated heterocycles. The van der Waals surface area contributed by atoms with Gasteiger partial charge in [0.25, 0.3) is 0 Å². The third-order valence-corrected chi connectivity index (χ3v) is 2.86. The van der Waals surface area contributed by atoms with E-state index in [0.717, 1.165) is 22.4 Å². The van der Waals surface area contributed by atoms with Crippen molar-refractivity contribution < 1.29 is 4.74 Å². The molecule has 1 aliphatic heterocycles. The van der Waals surface area contributed by atoms with Crippen molar-refractivity contribution in [3.05, 3.63) is 41.0 Å². The van der Waals surface area contributed by atoms with E-state index in [-0.39, 0.29) is 12.4 Å². The SMILES string of the molecule is Cl.Nc1cc2c(cn1)COc1cc(Cl)ccc1-2. The second kappa shape index (κ2) is 4.43. The molecule has 0 radical (unpaired) electrons. The minimum absolute atomic E-state index is 0. The Hall–Kier alpha value is -1.45. The first-order valence-electron chi connectivity index (χ1n) is 4.91. The fourth-order valence-corrected chi connectivity index (χ4v) is 2.02. The van der Waals surface area contributed by atoms with Crippen molar-refractivity contribution in [1.29, 1.82) is 0 Å². The van der Waals surface area contributed by atoms with Gasteiger partial charge in [-0.15, -0.1) is 12.4 Å². The molecule has 5 heteroatoms. The number of ether oxygens (including phenoxy) is 1. The molecular formula is C12H10Cl2N2O. The molecule has 0 spiro atoms. The molecule has 1 aromatic carbocycles. The van der Waals surface area contributed by atoms with Crippen LogP contribution in [-0.4, -0.2) is 4.98 Å². The number of benzene rings is 1. The van der Waals surface area contributed by atoms with Gasteiger partial charge in [0.05, 0.1) is 0 Å². The maximum absolute atomic E-state index is 5.92. The second-order valence-corrected chi connectivity index (χ2v) is 4.13. The fourth-order valence-electron chi connectivity index (χ4n) is 1.86. The molecule has 0 saturated carbocycles. The summed E-state index contributed by atoms with van der Waals surface area (Å²) in [6.07, 6.45) is 1.75. The van der Waals surface area contributed by atoms with Gasteiger partial charge in [-0.2, -0.15) is 0 Å². The molecule has 3 nitrogen and oxygen atoms in total. The molecule has 0 bridgehead atoms. The molecule has 17 heavy (non-hydrogen) atoms. The Morgan fingerprint density at radius 2 is 2.06 bits per heavy atom. The van der Waals surface area contributed by atoms with Gasteiger partial charge < -0.3 is 10.5 Å². The van der Waals surface area contributed by atoms with Crippen molar-refractivity contribution >= 4 is 29.8 Å². The highest BCUT2D eigenvalue weighted by Crippen LogP contribution is 2.39. The van der Waals surface area contributed by atoms with Crippen LogP contribution in [0.25, 0.3) is 11.1 Å². The number of nitrogens with two attached hydrogens (primary N) is 1. The van der Waals surface area contributed by atoms with Gasteiger partial charge in [0, 0.05) is 22.3 Å². The van der Waals surface area contributed by atoms with Crippen LogP contribution in [0.4, 0.5) is 5.82 Å². The Balaban J connectivity index is 0.00000108. The summed E-state index contributed by atoms with van der Waals surface area (Å²) in [7, 11) is 0. The quantitative estimate of drug-likeness (QED) is 0.798. The second-order valence-electron chi connectivity index (χ2n) is 3.70. The van der Waals surface area contributed by atoms with Crippen molar-refractivity contribution in [2.45, 2.75) is 6.61 Å². The molecule has 0 unspecified atom stereocenters. The van der Waals surface area contributed by atoms with Gasteiger partial charge in [-0.3, -0.25) is 0 Å². The highest BCUT2D eigenvalue weighted by atomic mass is 35.5. The van der Waals surface area contributed by atoms with E-state index < -0.39 is 0 Å². The summed E-state index contributed by atoms with van der Waals surface area (Å²) in [6.45, 7) is 0.510. The molecule has 0 atom stereocenters. The van der Waals surface area contributed by atoms with Gasteiger partial charge in [0.2, 0.25) is 0 Å². The first-order valence-corrected chi connectivity index (χ1v) is 5.29. The Morgan fingerprint density at radius 3 is 2.88 bits per heavy atom. The first kappa shape index (κ1) is 12.0. The maximum atomic E-state index is 5.92. The van der Waals surface area contributed by atoms with Crippen LogP contribution in [0.5, 0.6) is 5.75 Å². The molecule has 2 heterocycles. The number of halogens is 2. The van der Waals surface area contributed by atoms with Gasteiger partial charge in [-0.05, 0) is 29.8 Å². The van der Waals surface area contributed by atoms with Crippen LogP contribution in [0.2, 0.25) is 5.02 Å². The molecule has 3 rings (SSSR count). The van der Waals surface area contributed by atoms with Crippen LogP contribution in [0.15, 0.2) is 30.5 Å². The van der Waals surface area contributed by atoms with Crippen molar-refractivity contribution in [1.82, 2.24) is 4.98 Å². The van der Waals surface area contributed by atoms with Crippen molar-refractivity contribution in [2.24, 2.45) is 0 Å². The molecule has 0 aliphatic carbocycles. The van der Waals surface area contributed by atoms with Gasteiger partial charge in [0.15, 0.2) is 0 Å². The minimum atomic E-state index is 0. The molecule has 88 valence electrons. The third-order valence-electron chi connectivity index (χ3n) is 2.62. The lowest BCUT2D eigenvalue weighted by molar-refractivity contribution is 0.302. The van der Waals surface area contributed by atoms with Gasteiger partial charge in [0.1, 0.15) is 18.2 Å². The Kier molecular flexibility index (Phi) is 3.13. The van der Waals surface area contributed by atoms with E-state index in [1.165, 1.54) is 0 Å². The zero-order chi connectivity index (χ0) is 11.1. The molecule has 2 N–H and O–H groups in total. The van der Waals surface area contributed by atoms with Crippen molar-refractivity contribution in [2.75, 3.05) is 5.73 Å². The van der Waals surface area contributed by atoms with Crippen molar-refractivity contribution in [3.63, 3.8) is 0 Å². The zero-order valence-corrected chi connectivity index (χ0v) is 10.4. The number of nitrogen functional groups attached to an aromatic ring is 1. The topological polar surface area (TPSA) is 48.1 Å². The fraction of sp³-hybridized carbons (Fsp3) is 0.0833. The maximum Gasteiger partial charge on any atom is 0.129 e. The van der Waals surface area contributed by atoms with E-state index in [0.29, 0.717) is 17.4 Å². The number of hydrogen-bond acceptors (Lipinski definition) is 3. The lowest BCUT2D eigenvalue weighted by atomic mass is 9.99. The number of rotatable bonds is 0. The third kappa shape index (κ3) is 2.04. The van der Waals surface area contributed by atoms with E-state index in [1.54, 1.807) is 6.20 Å². The zero-order valence-electron chi connectivity index (χ0n) is 8.81. The van der Waals surface area contributed by atoms with E-state index in [9.17, 15) is 0 Å². The Morgan fingerprint density at radius 1 is 1.24 bits per heavy atom. The number of hydrogen-bond donors (Lipinski definition) is 1. The summed E-state index contributed by atoms with van der Waals surface area (Å²) in [6, 6.07) is 7.46. The standard InChI is InChI=1S/C12H9ClN2O.ClH/c13-8-1-2-9-10-4-12(14)15-5-7(10)6-16-11(9)3-8;/h1-5H,6H2,(H2,14,15);1H. The number of nitrogens with zero attached hydrogens (tertiary/aromatic N) is 1. The normalized spacial score (nSPS) is 11.8. The van der Waals surface area contributed by atoms with Gasteiger partial charge in [-0.1, -0.05) is 11.6 Å². The average Bonchev–Trinajstić information content (AvgIpc) is 2.28. The number of fused-ring (bicyclic) bond motifs is 3. The van der Waals surface area contributed by atoms with E-state index in [2.05, 4.69) is 4.98 Å². The molecule has 1 aliphatic rings. The van der Waals surface area contributed by atoms with Crippen molar-refractivity contribution in [3.8, 4) is 16.9 Å². The monoisotopic (exact) mass is 268 g/mol. The van der Waals surface area contributed by atoms with Crippen LogP contribution in [0, 0.1) is 0 Å². The van der Waals surface area contributed by atoms with E-state index in [1.807, 2.05) is 24.3 Å². The van der Waals surface area contributed by atoms with Crippen LogP contribution in [0.3, 0.4) is 0 Å². The van der Waals surface area contributed by atoms with Crippen LogP contribution < -0.4 is 10.5 Å². The molecule has 0 amide bonds. The predicted molar refractivity (Wildman–Crippen MR) is 70.7 cm³/mol. The van der Waals surface area contributed by atoms with Crippen LogP contribution in [-0.2, 0) is 6.61 Å². The number of pyridine rings is 1. The lowest BCUT2D eigenvalue weighted by Crippen LogP contribution is -2.06. The number of aromatic nitrogens is 1. The Labute approximate surface area is 110 Å².